The fourth-order valence-corrected chi connectivity index (χ4v) is 5.47. The standard InChI is InChI=1S/C35H41N5O6S/c1-35(2,3)31(39-33(43)46-22-27-20-36-23-47-27)32(42)38-29(19-24-9-5-4-6-10-24)30(41)16-18-40(34(44)45)21-25-12-14-26(15-13-25)28-11-7-8-17-37-28/h4-15,17,20,23,29-31,41H,16,18-19,21-22H2,1-3H3,(H,38,42)(H,39,43)(H,44,45)/t29?,30?,31-/m1/s1. The van der Waals surface area contributed by atoms with Crippen molar-refractivity contribution in [2.24, 2.45) is 5.41 Å². The lowest BCUT2D eigenvalue weighted by atomic mass is 9.85. The van der Waals surface area contributed by atoms with E-state index in [-0.39, 0.29) is 26.1 Å². The smallest absolute Gasteiger partial charge is 0.408 e. The number of aliphatic hydroxyl groups is 1. The summed E-state index contributed by atoms with van der Waals surface area (Å²) < 4.78 is 5.30. The molecule has 2 aromatic heterocycles. The first-order valence-corrected chi connectivity index (χ1v) is 16.2. The van der Waals surface area contributed by atoms with Crippen LogP contribution < -0.4 is 10.6 Å². The number of carbonyl (C=O) groups excluding carboxylic acids is 2. The number of aliphatic hydroxyl groups excluding tert-OH is 1. The summed E-state index contributed by atoms with van der Waals surface area (Å²) in [6.07, 6.45) is 0.719. The summed E-state index contributed by atoms with van der Waals surface area (Å²) in [4.78, 5) is 48.8. The van der Waals surface area contributed by atoms with Gasteiger partial charge in [-0.2, -0.15) is 0 Å². The first-order valence-electron chi connectivity index (χ1n) is 15.3. The van der Waals surface area contributed by atoms with E-state index in [2.05, 4.69) is 20.6 Å². The van der Waals surface area contributed by atoms with Gasteiger partial charge < -0.3 is 30.5 Å². The molecule has 0 bridgehead atoms. The first-order chi connectivity index (χ1) is 22.5. The topological polar surface area (TPSA) is 154 Å². The number of carbonyl (C=O) groups is 3. The summed E-state index contributed by atoms with van der Waals surface area (Å²) in [5.74, 6) is -0.490. The minimum absolute atomic E-state index is 0.0266. The highest BCUT2D eigenvalue weighted by molar-refractivity contribution is 7.09. The van der Waals surface area contributed by atoms with Gasteiger partial charge in [0.2, 0.25) is 5.91 Å². The monoisotopic (exact) mass is 659 g/mol. The molecular formula is C35H41N5O6S. The van der Waals surface area contributed by atoms with E-state index >= 15 is 0 Å². The molecule has 0 fully saturated rings. The average Bonchev–Trinajstić information content (AvgIpc) is 3.58. The molecule has 2 aromatic carbocycles. The van der Waals surface area contributed by atoms with Gasteiger partial charge in [0.1, 0.15) is 12.6 Å². The van der Waals surface area contributed by atoms with E-state index in [1.165, 1.54) is 16.2 Å². The lowest BCUT2D eigenvalue weighted by Crippen LogP contribution is -2.57. The van der Waals surface area contributed by atoms with Gasteiger partial charge in [0, 0.05) is 31.0 Å². The van der Waals surface area contributed by atoms with Gasteiger partial charge in [0.05, 0.1) is 28.2 Å². The van der Waals surface area contributed by atoms with Gasteiger partial charge in [0.15, 0.2) is 0 Å². The Morgan fingerprint density at radius 1 is 0.957 bits per heavy atom. The Hall–Kier alpha value is -4.81. The molecule has 0 aliphatic rings. The number of thiazole rings is 1. The molecule has 2 heterocycles. The highest BCUT2D eigenvalue weighted by atomic mass is 32.1. The highest BCUT2D eigenvalue weighted by Gasteiger charge is 2.35. The number of amides is 3. The van der Waals surface area contributed by atoms with E-state index in [9.17, 15) is 24.6 Å². The zero-order chi connectivity index (χ0) is 33.8. The van der Waals surface area contributed by atoms with E-state index in [0.29, 0.717) is 6.42 Å². The van der Waals surface area contributed by atoms with Crippen molar-refractivity contribution >= 4 is 29.4 Å². The van der Waals surface area contributed by atoms with Gasteiger partial charge >= 0.3 is 12.2 Å². The quantitative estimate of drug-likeness (QED) is 0.138. The number of benzene rings is 2. The van der Waals surface area contributed by atoms with Crippen LogP contribution in [0.15, 0.2) is 90.7 Å². The molecule has 4 N–H and O–H groups in total. The van der Waals surface area contributed by atoms with Crippen LogP contribution in [-0.4, -0.2) is 67.9 Å². The van der Waals surface area contributed by atoms with Gasteiger partial charge in [-0.05, 0) is 41.5 Å². The molecule has 0 saturated heterocycles. The largest absolute Gasteiger partial charge is 0.465 e. The van der Waals surface area contributed by atoms with Crippen molar-refractivity contribution in [3.63, 3.8) is 0 Å². The molecule has 0 radical (unpaired) electrons. The Kier molecular flexibility index (Phi) is 12.4. The summed E-state index contributed by atoms with van der Waals surface area (Å²) in [5, 5.41) is 26.9. The number of nitrogens with zero attached hydrogens (tertiary/aromatic N) is 3. The third-order valence-electron chi connectivity index (χ3n) is 7.56. The average molecular weight is 660 g/mol. The third-order valence-corrected chi connectivity index (χ3v) is 8.32. The van der Waals surface area contributed by atoms with E-state index in [4.69, 9.17) is 4.74 Å². The number of rotatable bonds is 14. The van der Waals surface area contributed by atoms with Crippen LogP contribution in [0.3, 0.4) is 0 Å². The van der Waals surface area contributed by atoms with Crippen LogP contribution in [-0.2, 0) is 29.1 Å². The minimum Gasteiger partial charge on any atom is -0.465 e. The molecule has 4 rings (SSSR count). The summed E-state index contributed by atoms with van der Waals surface area (Å²) in [6.45, 7) is 5.63. The Labute approximate surface area is 278 Å². The normalized spacial score (nSPS) is 13.2. The maximum absolute atomic E-state index is 13.7. The molecule has 248 valence electrons. The molecule has 4 aromatic rings. The molecular weight excluding hydrogens is 618 g/mol. The van der Waals surface area contributed by atoms with E-state index in [0.717, 1.165) is 27.3 Å². The number of hydrogen-bond donors (Lipinski definition) is 4. The van der Waals surface area contributed by atoms with Crippen molar-refractivity contribution in [1.82, 2.24) is 25.5 Å². The molecule has 12 heteroatoms. The molecule has 0 aliphatic carbocycles. The predicted molar refractivity (Wildman–Crippen MR) is 179 cm³/mol. The number of pyridine rings is 1. The Morgan fingerprint density at radius 2 is 1.68 bits per heavy atom. The summed E-state index contributed by atoms with van der Waals surface area (Å²) in [7, 11) is 0. The summed E-state index contributed by atoms with van der Waals surface area (Å²) >= 11 is 1.35. The van der Waals surface area contributed by atoms with E-state index < -0.39 is 41.7 Å². The molecule has 47 heavy (non-hydrogen) atoms. The maximum Gasteiger partial charge on any atom is 0.408 e. The number of alkyl carbamates (subject to hydrolysis) is 1. The Bertz CT molecular complexity index is 1560. The second-order valence-electron chi connectivity index (χ2n) is 12.3. The van der Waals surface area contributed by atoms with Gasteiger partial charge in [-0.3, -0.25) is 14.8 Å². The van der Waals surface area contributed by atoms with Crippen LogP contribution in [0, 0.1) is 5.41 Å². The number of aromatic nitrogens is 2. The predicted octanol–water partition coefficient (Wildman–Crippen LogP) is 5.50. The van der Waals surface area contributed by atoms with Crippen LogP contribution in [0.5, 0.6) is 0 Å². The third kappa shape index (κ3) is 10.9. The van der Waals surface area contributed by atoms with Crippen molar-refractivity contribution in [2.75, 3.05) is 6.54 Å². The number of nitrogens with one attached hydrogen (secondary N) is 2. The second kappa shape index (κ2) is 16.7. The number of ether oxygens (including phenoxy) is 1. The molecule has 0 aliphatic heterocycles. The summed E-state index contributed by atoms with van der Waals surface area (Å²) in [5.41, 5.74) is 4.35. The second-order valence-corrected chi connectivity index (χ2v) is 13.2. The van der Waals surface area contributed by atoms with Crippen LogP contribution in [0.2, 0.25) is 0 Å². The van der Waals surface area contributed by atoms with Crippen molar-refractivity contribution in [3.8, 4) is 11.3 Å². The minimum atomic E-state index is -1.12. The molecule has 2 unspecified atom stereocenters. The summed E-state index contributed by atoms with van der Waals surface area (Å²) in [6, 6.07) is 20.8. The van der Waals surface area contributed by atoms with Gasteiger partial charge in [-0.25, -0.2) is 9.59 Å². The first kappa shape index (κ1) is 35.1. The van der Waals surface area contributed by atoms with E-state index in [1.54, 1.807) is 17.9 Å². The zero-order valence-corrected chi connectivity index (χ0v) is 27.5. The molecule has 3 atom stereocenters. The SMILES string of the molecule is CC(C)(C)[C@H](NC(=O)OCc1cncs1)C(=O)NC(Cc1ccccc1)C(O)CCN(Cc1ccc(-c2ccccn2)cc1)C(=O)O. The van der Waals surface area contributed by atoms with Crippen LogP contribution in [0.1, 0.15) is 43.2 Å². The van der Waals surface area contributed by atoms with Gasteiger partial charge in [-0.1, -0.05) is 81.4 Å². The van der Waals surface area contributed by atoms with Gasteiger partial charge in [-0.15, -0.1) is 11.3 Å². The lowest BCUT2D eigenvalue weighted by Gasteiger charge is -2.33. The molecule has 3 amide bonds. The van der Waals surface area contributed by atoms with Crippen LogP contribution >= 0.6 is 11.3 Å². The van der Waals surface area contributed by atoms with Crippen molar-refractivity contribution in [3.05, 3.63) is 107 Å². The number of hydrogen-bond acceptors (Lipinski definition) is 8. The van der Waals surface area contributed by atoms with Crippen molar-refractivity contribution in [2.45, 2.75) is 65.0 Å². The van der Waals surface area contributed by atoms with Crippen LogP contribution in [0.4, 0.5) is 9.59 Å². The van der Waals surface area contributed by atoms with Crippen LogP contribution in [0.25, 0.3) is 11.3 Å². The fraction of sp³-hybridized carbons (Fsp3) is 0.343. The molecule has 0 spiro atoms. The Balaban J connectivity index is 1.42. The fourth-order valence-electron chi connectivity index (χ4n) is 4.97. The molecule has 11 nitrogen and oxygen atoms in total. The Morgan fingerprint density at radius 3 is 2.30 bits per heavy atom. The number of carboxylic acid groups (broad SMARTS) is 1. The maximum atomic E-state index is 13.7. The van der Waals surface area contributed by atoms with Crippen molar-refractivity contribution in [1.29, 1.82) is 0 Å². The lowest BCUT2D eigenvalue weighted by molar-refractivity contribution is -0.127. The molecule has 0 saturated carbocycles. The highest BCUT2D eigenvalue weighted by Crippen LogP contribution is 2.22. The zero-order valence-electron chi connectivity index (χ0n) is 26.7. The van der Waals surface area contributed by atoms with Gasteiger partial charge in [0.25, 0.3) is 0 Å². The van der Waals surface area contributed by atoms with Crippen molar-refractivity contribution < 1.29 is 29.3 Å². The van der Waals surface area contributed by atoms with E-state index in [1.807, 2.05) is 93.6 Å².